The third-order valence-electron chi connectivity index (χ3n) is 4.06. The van der Waals surface area contributed by atoms with E-state index in [4.69, 9.17) is 4.74 Å². The molecule has 1 aliphatic heterocycles. The van der Waals surface area contributed by atoms with Gasteiger partial charge in [-0.1, -0.05) is 18.2 Å². The number of ether oxygens (including phenoxy) is 1. The highest BCUT2D eigenvalue weighted by Gasteiger charge is 2.22. The summed E-state index contributed by atoms with van der Waals surface area (Å²) in [5, 5.41) is 3.30. The summed E-state index contributed by atoms with van der Waals surface area (Å²) in [7, 11) is -2.92. The molecule has 0 aromatic heterocycles. The lowest BCUT2D eigenvalue weighted by molar-refractivity contribution is 0.129. The lowest BCUT2D eigenvalue weighted by Gasteiger charge is -2.34. The molecule has 1 fully saturated rings. The van der Waals surface area contributed by atoms with Crippen molar-refractivity contribution in [3.63, 3.8) is 0 Å². The van der Waals surface area contributed by atoms with Crippen LogP contribution in [0.2, 0.25) is 0 Å². The first kappa shape index (κ1) is 23.0. The Morgan fingerprint density at radius 1 is 1.27 bits per heavy atom. The number of guanidine groups is 1. The largest absolute Gasteiger partial charge is 0.490 e. The minimum absolute atomic E-state index is 0. The molecular weight excluding hydrogens is 465 g/mol. The summed E-state index contributed by atoms with van der Waals surface area (Å²) in [6, 6.07) is 9.92. The Morgan fingerprint density at radius 3 is 2.50 bits per heavy atom. The summed E-state index contributed by atoms with van der Waals surface area (Å²) < 4.78 is 28.4. The second-order valence-corrected chi connectivity index (χ2v) is 8.60. The third kappa shape index (κ3) is 8.57. The maximum atomic E-state index is 11.2. The second kappa shape index (κ2) is 11.6. The average Bonchev–Trinajstić information content (AvgIpc) is 2.58. The fraction of sp³-hybridized carbons (Fsp3) is 0.611. The number of nitrogens with zero attached hydrogens (tertiary/aromatic N) is 2. The van der Waals surface area contributed by atoms with Gasteiger partial charge in [0.2, 0.25) is 0 Å². The fourth-order valence-electron chi connectivity index (χ4n) is 2.81. The van der Waals surface area contributed by atoms with E-state index in [-0.39, 0.29) is 35.8 Å². The van der Waals surface area contributed by atoms with Crippen molar-refractivity contribution in [1.82, 2.24) is 10.2 Å². The summed E-state index contributed by atoms with van der Waals surface area (Å²) in [4.78, 5) is 6.81. The number of aliphatic imine (C=N–C) groups is 1. The summed E-state index contributed by atoms with van der Waals surface area (Å²) in [5.74, 6) is 1.97. The highest BCUT2D eigenvalue weighted by atomic mass is 127. The van der Waals surface area contributed by atoms with Crippen molar-refractivity contribution in [3.8, 4) is 5.75 Å². The van der Waals surface area contributed by atoms with Crippen LogP contribution in [0, 0.1) is 0 Å². The van der Waals surface area contributed by atoms with Gasteiger partial charge in [-0.15, -0.1) is 24.0 Å². The lowest BCUT2D eigenvalue weighted by atomic mass is 10.1. The van der Waals surface area contributed by atoms with E-state index in [1.807, 2.05) is 37.3 Å². The van der Waals surface area contributed by atoms with Crippen LogP contribution in [-0.2, 0) is 9.84 Å². The molecule has 0 saturated carbocycles. The van der Waals surface area contributed by atoms with Crippen LogP contribution in [0.25, 0.3) is 0 Å². The Hall–Kier alpha value is -1.03. The van der Waals surface area contributed by atoms with E-state index in [9.17, 15) is 8.42 Å². The Bertz CT molecular complexity index is 645. The van der Waals surface area contributed by atoms with Gasteiger partial charge in [-0.2, -0.15) is 0 Å². The summed E-state index contributed by atoms with van der Waals surface area (Å²) in [5.41, 5.74) is 0. The SMILES string of the molecule is CCNC(=NCCCS(C)(=O)=O)N1CCC(Oc2ccccc2)CC1.I. The molecule has 8 heteroatoms. The van der Waals surface area contributed by atoms with E-state index in [0.717, 1.165) is 44.2 Å². The van der Waals surface area contributed by atoms with Crippen LogP contribution in [0.1, 0.15) is 26.2 Å². The van der Waals surface area contributed by atoms with Gasteiger partial charge in [0.05, 0.1) is 5.75 Å². The molecule has 1 N–H and O–H groups in total. The van der Waals surface area contributed by atoms with Gasteiger partial charge in [0, 0.05) is 45.3 Å². The molecule has 1 saturated heterocycles. The normalized spacial score (nSPS) is 16.1. The summed E-state index contributed by atoms with van der Waals surface area (Å²) in [6.45, 7) is 5.13. The van der Waals surface area contributed by atoms with Crippen molar-refractivity contribution < 1.29 is 13.2 Å². The number of para-hydroxylation sites is 1. The molecule has 0 aliphatic carbocycles. The minimum Gasteiger partial charge on any atom is -0.490 e. The maximum absolute atomic E-state index is 11.2. The Balaban J connectivity index is 0.00000338. The average molecular weight is 495 g/mol. The van der Waals surface area contributed by atoms with E-state index < -0.39 is 9.84 Å². The number of halogens is 1. The topological polar surface area (TPSA) is 71.0 Å². The molecule has 1 heterocycles. The Labute approximate surface area is 174 Å². The van der Waals surface area contributed by atoms with Crippen LogP contribution in [-0.4, -0.2) is 63.6 Å². The quantitative estimate of drug-likeness (QED) is 0.273. The van der Waals surface area contributed by atoms with Gasteiger partial charge in [-0.3, -0.25) is 4.99 Å². The molecule has 26 heavy (non-hydrogen) atoms. The van der Waals surface area contributed by atoms with E-state index in [1.54, 1.807) is 0 Å². The van der Waals surface area contributed by atoms with Crippen molar-refractivity contribution in [2.75, 3.05) is 38.2 Å². The molecule has 0 bridgehead atoms. The second-order valence-electron chi connectivity index (χ2n) is 6.34. The molecule has 1 aromatic carbocycles. The van der Waals surface area contributed by atoms with Crippen LogP contribution >= 0.6 is 24.0 Å². The first-order valence-electron chi connectivity index (χ1n) is 8.90. The number of hydrogen-bond acceptors (Lipinski definition) is 4. The van der Waals surface area contributed by atoms with Crippen molar-refractivity contribution in [2.45, 2.75) is 32.3 Å². The van der Waals surface area contributed by atoms with Gasteiger partial charge in [0.25, 0.3) is 0 Å². The highest BCUT2D eigenvalue weighted by molar-refractivity contribution is 14.0. The predicted molar refractivity (Wildman–Crippen MR) is 117 cm³/mol. The maximum Gasteiger partial charge on any atom is 0.193 e. The molecule has 2 rings (SSSR count). The first-order valence-corrected chi connectivity index (χ1v) is 11.0. The van der Waals surface area contributed by atoms with Crippen molar-refractivity contribution >= 4 is 39.8 Å². The fourth-order valence-corrected chi connectivity index (χ4v) is 3.47. The molecule has 0 amide bonds. The first-order chi connectivity index (χ1) is 12.0. The minimum atomic E-state index is -2.92. The van der Waals surface area contributed by atoms with Crippen molar-refractivity contribution in [2.24, 2.45) is 4.99 Å². The van der Waals surface area contributed by atoms with Crippen molar-refractivity contribution in [3.05, 3.63) is 30.3 Å². The van der Waals surface area contributed by atoms with Gasteiger partial charge in [0.1, 0.15) is 21.7 Å². The number of hydrogen-bond donors (Lipinski definition) is 1. The molecular formula is C18H30IN3O3S. The standard InChI is InChI=1S/C18H29N3O3S.HI/c1-3-19-18(20-12-7-15-25(2,22)23)21-13-10-17(11-14-21)24-16-8-5-4-6-9-16;/h4-6,8-9,17H,3,7,10-15H2,1-2H3,(H,19,20);1H. The lowest BCUT2D eigenvalue weighted by Crippen LogP contribution is -2.47. The zero-order valence-corrected chi connectivity index (χ0v) is 18.7. The molecule has 0 unspecified atom stereocenters. The van der Waals surface area contributed by atoms with Crippen LogP contribution in [0.5, 0.6) is 5.75 Å². The van der Waals surface area contributed by atoms with Crippen LogP contribution in [0.15, 0.2) is 35.3 Å². The number of benzene rings is 1. The predicted octanol–water partition coefficient (Wildman–Crippen LogP) is 2.55. The molecule has 148 valence electrons. The van der Waals surface area contributed by atoms with Gasteiger partial charge in [-0.25, -0.2) is 8.42 Å². The Kier molecular flexibility index (Phi) is 10.3. The molecule has 0 radical (unpaired) electrons. The van der Waals surface area contributed by atoms with E-state index in [1.165, 1.54) is 6.26 Å². The number of rotatable bonds is 7. The zero-order chi connectivity index (χ0) is 18.1. The van der Waals surface area contributed by atoms with Crippen LogP contribution in [0.4, 0.5) is 0 Å². The van der Waals surface area contributed by atoms with Gasteiger partial charge in [0.15, 0.2) is 5.96 Å². The monoisotopic (exact) mass is 495 g/mol. The van der Waals surface area contributed by atoms with Crippen molar-refractivity contribution in [1.29, 1.82) is 0 Å². The van der Waals surface area contributed by atoms with E-state index in [0.29, 0.717) is 13.0 Å². The number of nitrogens with one attached hydrogen (secondary N) is 1. The van der Waals surface area contributed by atoms with E-state index >= 15 is 0 Å². The van der Waals surface area contributed by atoms with Crippen LogP contribution < -0.4 is 10.1 Å². The highest BCUT2D eigenvalue weighted by Crippen LogP contribution is 2.18. The molecule has 0 spiro atoms. The molecule has 0 atom stereocenters. The zero-order valence-electron chi connectivity index (χ0n) is 15.6. The number of sulfone groups is 1. The summed E-state index contributed by atoms with van der Waals surface area (Å²) in [6.07, 6.45) is 3.94. The molecule has 1 aliphatic rings. The van der Waals surface area contributed by atoms with Gasteiger partial charge in [-0.05, 0) is 25.5 Å². The third-order valence-corrected chi connectivity index (χ3v) is 5.09. The smallest absolute Gasteiger partial charge is 0.193 e. The Morgan fingerprint density at radius 2 is 1.92 bits per heavy atom. The van der Waals surface area contributed by atoms with Gasteiger partial charge >= 0.3 is 0 Å². The van der Waals surface area contributed by atoms with Crippen LogP contribution in [0.3, 0.4) is 0 Å². The number of likely N-dealkylation sites (tertiary alicyclic amines) is 1. The van der Waals surface area contributed by atoms with Gasteiger partial charge < -0.3 is 15.0 Å². The molecule has 1 aromatic rings. The summed E-state index contributed by atoms with van der Waals surface area (Å²) >= 11 is 0. The van der Waals surface area contributed by atoms with E-state index in [2.05, 4.69) is 15.2 Å². The number of piperidine rings is 1. The molecule has 6 nitrogen and oxygen atoms in total.